The maximum absolute atomic E-state index is 9.10. The van der Waals surface area contributed by atoms with E-state index in [0.717, 1.165) is 30.4 Å². The molecule has 0 fully saturated rings. The summed E-state index contributed by atoms with van der Waals surface area (Å²) in [5, 5.41) is 17.9. The van der Waals surface area contributed by atoms with E-state index in [-0.39, 0.29) is 6.61 Å². The van der Waals surface area contributed by atoms with Crippen LogP contribution < -0.4 is 0 Å². The zero-order chi connectivity index (χ0) is 13.5. The number of hydrogen-bond acceptors (Lipinski definition) is 2. The van der Waals surface area contributed by atoms with E-state index in [4.69, 9.17) is 10.4 Å². The minimum Gasteiger partial charge on any atom is -0.396 e. The van der Waals surface area contributed by atoms with Crippen LogP contribution in [0.2, 0.25) is 0 Å². The van der Waals surface area contributed by atoms with Gasteiger partial charge in [-0.15, -0.1) is 0 Å². The highest BCUT2D eigenvalue weighted by Crippen LogP contribution is 2.23. The molecule has 0 aromatic heterocycles. The summed E-state index contributed by atoms with van der Waals surface area (Å²) in [5.41, 5.74) is 4.03. The molecule has 0 heterocycles. The van der Waals surface area contributed by atoms with Gasteiger partial charge in [-0.05, 0) is 42.0 Å². The molecule has 0 unspecified atom stereocenters. The summed E-state index contributed by atoms with van der Waals surface area (Å²) in [6.07, 6.45) is 2.84. The van der Waals surface area contributed by atoms with Crippen LogP contribution in [-0.2, 0) is 6.42 Å². The number of aliphatic hydroxyl groups is 1. The molecule has 2 rings (SSSR count). The Morgan fingerprint density at radius 2 is 1.68 bits per heavy atom. The van der Waals surface area contributed by atoms with Crippen molar-refractivity contribution in [2.24, 2.45) is 0 Å². The van der Waals surface area contributed by atoms with Crippen LogP contribution in [0.5, 0.6) is 0 Å². The van der Waals surface area contributed by atoms with Gasteiger partial charge >= 0.3 is 0 Å². The Kier molecular flexibility index (Phi) is 4.72. The SMILES string of the molecule is N#Cc1ccccc1-c1ccc(CCCCO)cc1. The van der Waals surface area contributed by atoms with E-state index >= 15 is 0 Å². The van der Waals surface area contributed by atoms with E-state index in [9.17, 15) is 0 Å². The Balaban J connectivity index is 2.16. The highest BCUT2D eigenvalue weighted by Gasteiger charge is 2.03. The number of hydrogen-bond donors (Lipinski definition) is 1. The number of rotatable bonds is 5. The van der Waals surface area contributed by atoms with E-state index in [1.54, 1.807) is 0 Å². The second-order valence-corrected chi connectivity index (χ2v) is 4.54. The summed E-state index contributed by atoms with van der Waals surface area (Å²) in [6.45, 7) is 0.258. The quantitative estimate of drug-likeness (QED) is 0.826. The van der Waals surface area contributed by atoms with Crippen LogP contribution in [-0.4, -0.2) is 11.7 Å². The second kappa shape index (κ2) is 6.72. The van der Waals surface area contributed by atoms with Crippen molar-refractivity contribution in [3.05, 3.63) is 59.7 Å². The molecule has 96 valence electrons. The van der Waals surface area contributed by atoms with Crippen LogP contribution in [0.3, 0.4) is 0 Å². The average Bonchev–Trinajstić information content (AvgIpc) is 2.48. The molecule has 2 nitrogen and oxygen atoms in total. The minimum absolute atomic E-state index is 0.258. The molecular formula is C17H17NO. The molecule has 0 aliphatic heterocycles. The van der Waals surface area contributed by atoms with Crippen LogP contribution in [0, 0.1) is 11.3 Å². The van der Waals surface area contributed by atoms with Crippen molar-refractivity contribution >= 4 is 0 Å². The lowest BCUT2D eigenvalue weighted by Crippen LogP contribution is -1.89. The molecule has 0 saturated carbocycles. The zero-order valence-electron chi connectivity index (χ0n) is 10.8. The van der Waals surface area contributed by atoms with Crippen molar-refractivity contribution in [1.29, 1.82) is 5.26 Å². The predicted molar refractivity (Wildman–Crippen MR) is 76.6 cm³/mol. The van der Waals surface area contributed by atoms with Gasteiger partial charge in [-0.3, -0.25) is 0 Å². The summed E-state index contributed by atoms with van der Waals surface area (Å²) in [6, 6.07) is 18.2. The maximum atomic E-state index is 9.10. The highest BCUT2D eigenvalue weighted by molar-refractivity contribution is 5.70. The van der Waals surface area contributed by atoms with Crippen molar-refractivity contribution in [3.63, 3.8) is 0 Å². The largest absolute Gasteiger partial charge is 0.396 e. The normalized spacial score (nSPS) is 10.1. The van der Waals surface area contributed by atoms with E-state index in [1.807, 2.05) is 24.3 Å². The van der Waals surface area contributed by atoms with Crippen LogP contribution in [0.4, 0.5) is 0 Å². The van der Waals surface area contributed by atoms with E-state index in [1.165, 1.54) is 5.56 Å². The molecule has 0 bridgehead atoms. The third-order valence-electron chi connectivity index (χ3n) is 3.19. The number of nitrogens with zero attached hydrogens (tertiary/aromatic N) is 1. The van der Waals surface area contributed by atoms with Gasteiger partial charge in [-0.2, -0.15) is 5.26 Å². The molecule has 1 N–H and O–H groups in total. The fourth-order valence-electron chi connectivity index (χ4n) is 2.12. The van der Waals surface area contributed by atoms with Gasteiger partial charge in [0.1, 0.15) is 0 Å². The first-order valence-electron chi connectivity index (χ1n) is 6.54. The Hall–Kier alpha value is -2.11. The van der Waals surface area contributed by atoms with Crippen LogP contribution in [0.1, 0.15) is 24.0 Å². The third-order valence-corrected chi connectivity index (χ3v) is 3.19. The molecule has 0 radical (unpaired) electrons. The van der Waals surface area contributed by atoms with E-state index in [2.05, 4.69) is 30.3 Å². The monoisotopic (exact) mass is 251 g/mol. The number of unbranched alkanes of at least 4 members (excludes halogenated alkanes) is 1. The molecule has 19 heavy (non-hydrogen) atoms. The number of aryl methyl sites for hydroxylation is 1. The fraction of sp³-hybridized carbons (Fsp3) is 0.235. The molecule has 2 aromatic carbocycles. The van der Waals surface area contributed by atoms with Crippen molar-refractivity contribution in [2.45, 2.75) is 19.3 Å². The maximum Gasteiger partial charge on any atom is 0.0998 e. The van der Waals surface area contributed by atoms with Crippen molar-refractivity contribution in [3.8, 4) is 17.2 Å². The number of aliphatic hydroxyl groups excluding tert-OH is 1. The van der Waals surface area contributed by atoms with Crippen LogP contribution >= 0.6 is 0 Å². The zero-order valence-corrected chi connectivity index (χ0v) is 10.8. The van der Waals surface area contributed by atoms with Gasteiger partial charge in [-0.25, -0.2) is 0 Å². The van der Waals surface area contributed by atoms with Gasteiger partial charge in [-0.1, -0.05) is 42.5 Å². The van der Waals surface area contributed by atoms with Gasteiger partial charge in [0.25, 0.3) is 0 Å². The molecular weight excluding hydrogens is 234 g/mol. The van der Waals surface area contributed by atoms with Gasteiger partial charge in [0, 0.05) is 6.61 Å². The Bertz CT molecular complexity index is 567. The summed E-state index contributed by atoms with van der Waals surface area (Å²) in [4.78, 5) is 0. The molecule has 0 spiro atoms. The smallest absolute Gasteiger partial charge is 0.0998 e. The predicted octanol–water partition coefficient (Wildman–Crippen LogP) is 3.54. The van der Waals surface area contributed by atoms with Crippen LogP contribution in [0.15, 0.2) is 48.5 Å². The topological polar surface area (TPSA) is 44.0 Å². The molecule has 0 aliphatic rings. The fourth-order valence-corrected chi connectivity index (χ4v) is 2.12. The molecule has 0 saturated heterocycles. The summed E-state index contributed by atoms with van der Waals surface area (Å²) in [5.74, 6) is 0. The summed E-state index contributed by atoms with van der Waals surface area (Å²) < 4.78 is 0. The number of nitriles is 1. The minimum atomic E-state index is 0.258. The first-order chi connectivity index (χ1) is 9.35. The molecule has 2 heteroatoms. The first-order valence-corrected chi connectivity index (χ1v) is 6.54. The Labute approximate surface area is 114 Å². The van der Waals surface area contributed by atoms with Gasteiger partial charge in [0.15, 0.2) is 0 Å². The highest BCUT2D eigenvalue weighted by atomic mass is 16.2. The van der Waals surface area contributed by atoms with Gasteiger partial charge in [0.05, 0.1) is 11.6 Å². The van der Waals surface area contributed by atoms with Crippen LogP contribution in [0.25, 0.3) is 11.1 Å². The van der Waals surface area contributed by atoms with Crippen molar-refractivity contribution in [2.75, 3.05) is 6.61 Å². The van der Waals surface area contributed by atoms with Gasteiger partial charge in [0.2, 0.25) is 0 Å². The Morgan fingerprint density at radius 1 is 0.947 bits per heavy atom. The van der Waals surface area contributed by atoms with E-state index in [0.29, 0.717) is 5.56 Å². The van der Waals surface area contributed by atoms with Crippen molar-refractivity contribution < 1.29 is 5.11 Å². The van der Waals surface area contributed by atoms with Crippen molar-refractivity contribution in [1.82, 2.24) is 0 Å². The Morgan fingerprint density at radius 3 is 2.37 bits per heavy atom. The first kappa shape index (κ1) is 13.3. The lowest BCUT2D eigenvalue weighted by molar-refractivity contribution is 0.284. The third kappa shape index (κ3) is 3.43. The van der Waals surface area contributed by atoms with E-state index < -0.39 is 0 Å². The summed E-state index contributed by atoms with van der Waals surface area (Å²) >= 11 is 0. The second-order valence-electron chi connectivity index (χ2n) is 4.54. The molecule has 2 aromatic rings. The molecule has 0 atom stereocenters. The lowest BCUT2D eigenvalue weighted by Gasteiger charge is -2.06. The standard InChI is InChI=1S/C17H17NO/c18-13-16-6-1-2-7-17(16)15-10-8-14(9-11-15)5-3-4-12-19/h1-2,6-11,19H,3-5,12H2. The summed E-state index contributed by atoms with van der Waals surface area (Å²) in [7, 11) is 0. The molecule has 0 amide bonds. The number of benzene rings is 2. The average molecular weight is 251 g/mol. The van der Waals surface area contributed by atoms with Gasteiger partial charge < -0.3 is 5.11 Å². The molecule has 0 aliphatic carbocycles. The lowest BCUT2D eigenvalue weighted by atomic mass is 9.98.